The zero-order valence-electron chi connectivity index (χ0n) is 12.3. The minimum absolute atomic E-state index is 0.0660. The molecule has 0 aromatic carbocycles. The highest BCUT2D eigenvalue weighted by Gasteiger charge is 2.30. The summed E-state index contributed by atoms with van der Waals surface area (Å²) in [4.78, 5) is 0. The quantitative estimate of drug-likeness (QED) is 0.391. The van der Waals surface area contributed by atoms with Crippen LogP contribution < -0.4 is 0 Å². The second-order valence-corrected chi connectivity index (χ2v) is 5.54. The van der Waals surface area contributed by atoms with Crippen LogP contribution in [0.15, 0.2) is 0 Å². The highest BCUT2D eigenvalue weighted by atomic mass is 16.5. The second-order valence-electron chi connectivity index (χ2n) is 5.54. The van der Waals surface area contributed by atoms with Gasteiger partial charge >= 0.3 is 0 Å². The van der Waals surface area contributed by atoms with Gasteiger partial charge in [-0.3, -0.25) is 0 Å². The highest BCUT2D eigenvalue weighted by molar-refractivity contribution is 4.79. The molecule has 0 radical (unpaired) electrons. The summed E-state index contributed by atoms with van der Waals surface area (Å²) in [6.07, 6.45) is 2.83. The van der Waals surface area contributed by atoms with E-state index in [1.165, 1.54) is 0 Å². The van der Waals surface area contributed by atoms with Crippen LogP contribution in [0.4, 0.5) is 0 Å². The zero-order valence-corrected chi connectivity index (χ0v) is 12.3. The molecule has 0 heterocycles. The smallest absolute Gasteiger partial charge is 0.0566 e. The van der Waals surface area contributed by atoms with Gasteiger partial charge in [0.1, 0.15) is 0 Å². The van der Waals surface area contributed by atoms with Crippen molar-refractivity contribution in [3.05, 3.63) is 0 Å². The van der Waals surface area contributed by atoms with Crippen molar-refractivity contribution < 1.29 is 25.2 Å². The Morgan fingerprint density at radius 2 is 1.32 bits per heavy atom. The first-order valence-corrected chi connectivity index (χ1v) is 7.08. The van der Waals surface area contributed by atoms with Gasteiger partial charge in [-0.1, -0.05) is 20.3 Å². The molecule has 4 N–H and O–H groups in total. The predicted octanol–water partition coefficient (Wildman–Crippen LogP) is 0.545. The van der Waals surface area contributed by atoms with Crippen LogP contribution in [0, 0.1) is 10.8 Å². The molecule has 0 amide bonds. The Labute approximate surface area is 116 Å². The summed E-state index contributed by atoms with van der Waals surface area (Å²) in [5, 5.41) is 37.4. The summed E-state index contributed by atoms with van der Waals surface area (Å²) >= 11 is 0. The second kappa shape index (κ2) is 9.66. The van der Waals surface area contributed by atoms with Gasteiger partial charge in [0.05, 0.1) is 33.0 Å². The molecule has 19 heavy (non-hydrogen) atoms. The van der Waals surface area contributed by atoms with Gasteiger partial charge in [-0.15, -0.1) is 0 Å². The fourth-order valence-corrected chi connectivity index (χ4v) is 2.09. The fraction of sp³-hybridized carbons (Fsp3) is 1.00. The topological polar surface area (TPSA) is 90.2 Å². The van der Waals surface area contributed by atoms with Gasteiger partial charge < -0.3 is 25.2 Å². The number of rotatable bonds is 12. The van der Waals surface area contributed by atoms with Gasteiger partial charge in [-0.25, -0.2) is 0 Å². The van der Waals surface area contributed by atoms with Crippen LogP contribution in [0.5, 0.6) is 0 Å². The third-order valence-electron chi connectivity index (χ3n) is 4.06. The average molecular weight is 278 g/mol. The molecular weight excluding hydrogens is 248 g/mol. The molecule has 0 aliphatic heterocycles. The molecule has 0 saturated heterocycles. The maximum atomic E-state index is 9.39. The monoisotopic (exact) mass is 278 g/mol. The lowest BCUT2D eigenvalue weighted by atomic mass is 9.83. The molecule has 5 nitrogen and oxygen atoms in total. The molecule has 116 valence electrons. The fourth-order valence-electron chi connectivity index (χ4n) is 2.09. The molecule has 0 atom stereocenters. The van der Waals surface area contributed by atoms with Crippen molar-refractivity contribution >= 4 is 0 Å². The largest absolute Gasteiger partial charge is 0.396 e. The molecule has 0 rings (SSSR count). The molecule has 0 fully saturated rings. The zero-order chi connectivity index (χ0) is 14.8. The number of hydrogen-bond acceptors (Lipinski definition) is 5. The van der Waals surface area contributed by atoms with Gasteiger partial charge in [-0.05, 0) is 19.3 Å². The molecule has 5 heteroatoms. The number of ether oxygens (including phenoxy) is 1. The third-order valence-corrected chi connectivity index (χ3v) is 4.06. The van der Waals surface area contributed by atoms with Crippen LogP contribution in [0.2, 0.25) is 0 Å². The molecule has 0 bridgehead atoms. The van der Waals surface area contributed by atoms with Crippen LogP contribution in [-0.2, 0) is 4.74 Å². The molecule has 0 saturated carbocycles. The minimum atomic E-state index is -0.581. The molecule has 0 aliphatic rings. The van der Waals surface area contributed by atoms with Gasteiger partial charge in [0.2, 0.25) is 0 Å². The first-order valence-electron chi connectivity index (χ1n) is 7.08. The van der Waals surface area contributed by atoms with E-state index in [9.17, 15) is 20.4 Å². The van der Waals surface area contributed by atoms with Crippen LogP contribution in [0.3, 0.4) is 0 Å². The Balaban J connectivity index is 4.19. The van der Waals surface area contributed by atoms with Crippen LogP contribution in [0.1, 0.15) is 39.5 Å². The summed E-state index contributed by atoms with van der Waals surface area (Å²) in [5.74, 6) is 0. The Kier molecular flexibility index (Phi) is 9.56. The third kappa shape index (κ3) is 5.75. The minimum Gasteiger partial charge on any atom is -0.396 e. The van der Waals surface area contributed by atoms with E-state index in [4.69, 9.17) is 4.74 Å². The highest BCUT2D eigenvalue weighted by Crippen LogP contribution is 2.27. The first-order chi connectivity index (χ1) is 9.07. The van der Waals surface area contributed by atoms with E-state index in [1.54, 1.807) is 0 Å². The van der Waals surface area contributed by atoms with Crippen LogP contribution in [-0.4, -0.2) is 60.1 Å². The summed E-state index contributed by atoms with van der Waals surface area (Å²) < 4.78 is 5.55. The lowest BCUT2D eigenvalue weighted by molar-refractivity contribution is -0.0485. The van der Waals surface area contributed by atoms with Crippen molar-refractivity contribution in [2.24, 2.45) is 10.8 Å². The van der Waals surface area contributed by atoms with Crippen molar-refractivity contribution in [2.75, 3.05) is 39.6 Å². The van der Waals surface area contributed by atoms with Crippen molar-refractivity contribution in [1.82, 2.24) is 0 Å². The van der Waals surface area contributed by atoms with E-state index in [1.807, 2.05) is 13.8 Å². The maximum Gasteiger partial charge on any atom is 0.0566 e. The molecule has 0 aromatic heterocycles. The molecule has 0 aromatic rings. The maximum absolute atomic E-state index is 9.39. The average Bonchev–Trinajstić information content (AvgIpc) is 2.47. The van der Waals surface area contributed by atoms with Crippen molar-refractivity contribution in [1.29, 1.82) is 0 Å². The summed E-state index contributed by atoms with van der Waals surface area (Å²) in [6, 6.07) is 0. The Hall–Kier alpha value is -0.200. The first kappa shape index (κ1) is 18.8. The van der Waals surface area contributed by atoms with Crippen molar-refractivity contribution in [3.8, 4) is 0 Å². The van der Waals surface area contributed by atoms with E-state index in [2.05, 4.69) is 0 Å². The standard InChI is InChI=1S/C14H30O5/c1-3-5-14(10-17,11-18)12-19-7-6-13(4-2,8-15)9-16/h15-18H,3-12H2,1-2H3. The van der Waals surface area contributed by atoms with Crippen LogP contribution >= 0.6 is 0 Å². The number of hydrogen-bond donors (Lipinski definition) is 4. The number of aliphatic hydroxyl groups excluding tert-OH is 4. The van der Waals surface area contributed by atoms with Gasteiger partial charge in [0, 0.05) is 17.4 Å². The summed E-state index contributed by atoms with van der Waals surface area (Å²) in [6.45, 7) is 4.29. The SMILES string of the molecule is CCCC(CO)(CO)COCCC(CC)(CO)CO. The summed E-state index contributed by atoms with van der Waals surface area (Å²) in [5.41, 5.74) is -1.08. The summed E-state index contributed by atoms with van der Waals surface area (Å²) in [7, 11) is 0. The van der Waals surface area contributed by atoms with E-state index in [0.29, 0.717) is 32.5 Å². The van der Waals surface area contributed by atoms with E-state index in [0.717, 1.165) is 6.42 Å². The lowest BCUT2D eigenvalue weighted by Gasteiger charge is -2.31. The normalized spacial score (nSPS) is 12.9. The Morgan fingerprint density at radius 1 is 0.789 bits per heavy atom. The Morgan fingerprint density at radius 3 is 1.68 bits per heavy atom. The van der Waals surface area contributed by atoms with E-state index in [-0.39, 0.29) is 26.4 Å². The van der Waals surface area contributed by atoms with Gasteiger partial charge in [-0.2, -0.15) is 0 Å². The van der Waals surface area contributed by atoms with Gasteiger partial charge in [0.15, 0.2) is 0 Å². The molecule has 0 spiro atoms. The van der Waals surface area contributed by atoms with Crippen molar-refractivity contribution in [2.45, 2.75) is 39.5 Å². The van der Waals surface area contributed by atoms with Crippen molar-refractivity contribution in [3.63, 3.8) is 0 Å². The lowest BCUT2D eigenvalue weighted by Crippen LogP contribution is -2.36. The van der Waals surface area contributed by atoms with Crippen LogP contribution in [0.25, 0.3) is 0 Å². The van der Waals surface area contributed by atoms with E-state index >= 15 is 0 Å². The molecular formula is C14H30O5. The molecule has 0 aliphatic carbocycles. The Bertz CT molecular complexity index is 204. The van der Waals surface area contributed by atoms with Gasteiger partial charge in [0.25, 0.3) is 0 Å². The predicted molar refractivity (Wildman–Crippen MR) is 73.8 cm³/mol. The molecule has 0 unspecified atom stereocenters. The number of aliphatic hydroxyl groups is 4. The van der Waals surface area contributed by atoms with E-state index < -0.39 is 10.8 Å².